The highest BCUT2D eigenvalue weighted by molar-refractivity contribution is 9.10. The Kier molecular flexibility index (Phi) is 4.27. The minimum Gasteiger partial charge on any atom is -0.241 e. The lowest BCUT2D eigenvalue weighted by Crippen LogP contribution is -1.98. The van der Waals surface area contributed by atoms with Crippen LogP contribution in [0.4, 0.5) is 0 Å². The van der Waals surface area contributed by atoms with Gasteiger partial charge in [0.2, 0.25) is 0 Å². The Hall–Kier alpha value is -1.32. The monoisotopic (exact) mass is 336 g/mol. The minimum absolute atomic E-state index is 0.704. The molecule has 0 spiro atoms. The van der Waals surface area contributed by atoms with Crippen molar-refractivity contribution in [3.05, 3.63) is 63.9 Å². The van der Waals surface area contributed by atoms with Crippen LogP contribution in [0.5, 0.6) is 0 Å². The molecule has 1 heterocycles. The number of hydrogen-bond donors (Lipinski definition) is 0. The molecular formula is C15H14BrClN2. The molecule has 1 aromatic carbocycles. The second-order valence-electron chi connectivity index (χ2n) is 4.28. The highest BCUT2D eigenvalue weighted by atomic mass is 79.9. The van der Waals surface area contributed by atoms with Crippen LogP contribution >= 0.6 is 27.5 Å². The SMILES string of the molecule is C=C(/C=C(/C)n1ncc(Br)c1C)c1ccccc1Cl. The van der Waals surface area contributed by atoms with E-state index < -0.39 is 0 Å². The Morgan fingerprint density at radius 3 is 2.68 bits per heavy atom. The number of rotatable bonds is 3. The van der Waals surface area contributed by atoms with Crippen LogP contribution in [0.1, 0.15) is 18.2 Å². The van der Waals surface area contributed by atoms with Crippen LogP contribution in [0.15, 0.2) is 47.6 Å². The van der Waals surface area contributed by atoms with Crippen molar-refractivity contribution in [3.8, 4) is 0 Å². The molecule has 0 amide bonds. The molecule has 0 aliphatic rings. The first-order valence-electron chi connectivity index (χ1n) is 5.83. The molecule has 2 rings (SSSR count). The van der Waals surface area contributed by atoms with Crippen molar-refractivity contribution in [1.29, 1.82) is 0 Å². The summed E-state index contributed by atoms with van der Waals surface area (Å²) in [7, 11) is 0. The van der Waals surface area contributed by atoms with Crippen LogP contribution in [0.25, 0.3) is 11.3 Å². The zero-order chi connectivity index (χ0) is 14.0. The summed E-state index contributed by atoms with van der Waals surface area (Å²) >= 11 is 9.62. The van der Waals surface area contributed by atoms with Crippen LogP contribution in [0.2, 0.25) is 5.02 Å². The lowest BCUT2D eigenvalue weighted by Gasteiger charge is -2.08. The van der Waals surface area contributed by atoms with Gasteiger partial charge in [0.25, 0.3) is 0 Å². The van der Waals surface area contributed by atoms with Crippen molar-refractivity contribution >= 4 is 38.8 Å². The zero-order valence-electron chi connectivity index (χ0n) is 10.8. The Balaban J connectivity index is 2.34. The van der Waals surface area contributed by atoms with Gasteiger partial charge in [-0.05, 0) is 53.1 Å². The molecule has 19 heavy (non-hydrogen) atoms. The third-order valence-electron chi connectivity index (χ3n) is 2.89. The van der Waals surface area contributed by atoms with Gasteiger partial charge < -0.3 is 0 Å². The highest BCUT2D eigenvalue weighted by Crippen LogP contribution is 2.25. The van der Waals surface area contributed by atoms with Gasteiger partial charge in [-0.2, -0.15) is 5.10 Å². The van der Waals surface area contributed by atoms with Crippen LogP contribution in [0.3, 0.4) is 0 Å². The maximum absolute atomic E-state index is 6.16. The lowest BCUT2D eigenvalue weighted by molar-refractivity contribution is 0.861. The van der Waals surface area contributed by atoms with E-state index in [2.05, 4.69) is 27.6 Å². The molecule has 0 saturated carbocycles. The van der Waals surface area contributed by atoms with Crippen LogP contribution in [-0.2, 0) is 0 Å². The Morgan fingerprint density at radius 1 is 1.42 bits per heavy atom. The van der Waals surface area contributed by atoms with Gasteiger partial charge in [-0.1, -0.05) is 36.4 Å². The standard InChI is InChI=1S/C15H14BrClN2/c1-10(13-6-4-5-7-15(13)17)8-11(2)19-12(3)14(16)9-18-19/h4-9H,1H2,2-3H3/b11-8-. The molecule has 0 aliphatic heterocycles. The molecule has 98 valence electrons. The summed E-state index contributed by atoms with van der Waals surface area (Å²) in [5.41, 5.74) is 3.86. The first kappa shape index (κ1) is 14.1. The maximum atomic E-state index is 6.16. The Morgan fingerprint density at radius 2 is 2.11 bits per heavy atom. The number of nitrogens with zero attached hydrogens (tertiary/aromatic N) is 2. The summed E-state index contributed by atoms with van der Waals surface area (Å²) in [6.45, 7) is 8.08. The highest BCUT2D eigenvalue weighted by Gasteiger charge is 2.06. The van der Waals surface area contributed by atoms with Crippen LogP contribution < -0.4 is 0 Å². The molecule has 2 aromatic rings. The molecular weight excluding hydrogens is 324 g/mol. The number of benzene rings is 1. The molecule has 0 N–H and O–H groups in total. The smallest absolute Gasteiger partial charge is 0.0639 e. The topological polar surface area (TPSA) is 17.8 Å². The van der Waals surface area contributed by atoms with Crippen molar-refractivity contribution in [1.82, 2.24) is 9.78 Å². The second-order valence-corrected chi connectivity index (χ2v) is 5.54. The summed E-state index contributed by atoms with van der Waals surface area (Å²) in [4.78, 5) is 0. The van der Waals surface area contributed by atoms with E-state index in [1.165, 1.54) is 0 Å². The van der Waals surface area contributed by atoms with Crippen LogP contribution in [-0.4, -0.2) is 9.78 Å². The van der Waals surface area contributed by atoms with Gasteiger partial charge in [-0.15, -0.1) is 0 Å². The normalized spacial score (nSPS) is 11.7. The van der Waals surface area contributed by atoms with Gasteiger partial charge in [-0.25, -0.2) is 4.68 Å². The van der Waals surface area contributed by atoms with E-state index in [4.69, 9.17) is 11.6 Å². The number of halogens is 2. The summed E-state index contributed by atoms with van der Waals surface area (Å²) in [5.74, 6) is 0. The quantitative estimate of drug-likeness (QED) is 0.705. The van der Waals surface area contributed by atoms with Crippen molar-refractivity contribution in [2.75, 3.05) is 0 Å². The number of hydrogen-bond acceptors (Lipinski definition) is 1. The van der Waals surface area contributed by atoms with Crippen molar-refractivity contribution < 1.29 is 0 Å². The van der Waals surface area contributed by atoms with E-state index in [1.807, 2.05) is 48.9 Å². The minimum atomic E-state index is 0.704. The maximum Gasteiger partial charge on any atom is 0.0639 e. The van der Waals surface area contributed by atoms with Crippen molar-refractivity contribution in [2.24, 2.45) is 0 Å². The lowest BCUT2D eigenvalue weighted by atomic mass is 10.1. The number of allylic oxidation sites excluding steroid dienone is 3. The molecule has 0 bridgehead atoms. The van der Waals surface area contributed by atoms with Gasteiger partial charge in [0.1, 0.15) is 0 Å². The summed E-state index contributed by atoms with van der Waals surface area (Å²) in [6, 6.07) is 7.68. The summed E-state index contributed by atoms with van der Waals surface area (Å²) in [5, 5.41) is 5.02. The van der Waals surface area contributed by atoms with Gasteiger partial charge in [0, 0.05) is 10.7 Å². The average molecular weight is 338 g/mol. The summed E-state index contributed by atoms with van der Waals surface area (Å²) < 4.78 is 2.86. The predicted molar refractivity (Wildman–Crippen MR) is 85.1 cm³/mol. The van der Waals surface area contributed by atoms with E-state index >= 15 is 0 Å². The molecule has 0 radical (unpaired) electrons. The Bertz CT molecular complexity index is 656. The molecule has 0 fully saturated rings. The van der Waals surface area contributed by atoms with Gasteiger partial charge in [-0.3, -0.25) is 0 Å². The first-order valence-corrected chi connectivity index (χ1v) is 7.00. The van der Waals surface area contributed by atoms with E-state index in [1.54, 1.807) is 6.20 Å². The van der Waals surface area contributed by atoms with E-state index in [0.717, 1.165) is 27.0 Å². The number of aromatic nitrogens is 2. The molecule has 1 aromatic heterocycles. The third kappa shape index (κ3) is 2.99. The fourth-order valence-electron chi connectivity index (χ4n) is 1.86. The largest absolute Gasteiger partial charge is 0.241 e. The zero-order valence-corrected chi connectivity index (χ0v) is 13.2. The van der Waals surface area contributed by atoms with E-state index in [9.17, 15) is 0 Å². The fourth-order valence-corrected chi connectivity index (χ4v) is 2.37. The van der Waals surface area contributed by atoms with E-state index in [0.29, 0.717) is 5.02 Å². The molecule has 4 heteroatoms. The molecule has 2 nitrogen and oxygen atoms in total. The molecule has 0 atom stereocenters. The van der Waals surface area contributed by atoms with Gasteiger partial charge in [0.05, 0.1) is 16.4 Å². The van der Waals surface area contributed by atoms with E-state index in [-0.39, 0.29) is 0 Å². The van der Waals surface area contributed by atoms with Crippen LogP contribution in [0, 0.1) is 6.92 Å². The second kappa shape index (κ2) is 5.76. The van der Waals surface area contributed by atoms with Gasteiger partial charge >= 0.3 is 0 Å². The Labute approximate surface area is 126 Å². The van der Waals surface area contributed by atoms with Crippen molar-refractivity contribution in [2.45, 2.75) is 13.8 Å². The first-order chi connectivity index (χ1) is 9.00. The van der Waals surface area contributed by atoms with Crippen molar-refractivity contribution in [3.63, 3.8) is 0 Å². The molecule has 0 unspecified atom stereocenters. The predicted octanol–water partition coefficient (Wildman–Crippen LogP) is 5.18. The average Bonchev–Trinajstić information content (AvgIpc) is 2.70. The summed E-state index contributed by atoms with van der Waals surface area (Å²) in [6.07, 6.45) is 3.76. The molecule has 0 saturated heterocycles. The molecule has 0 aliphatic carbocycles. The fraction of sp³-hybridized carbons (Fsp3) is 0.133. The van der Waals surface area contributed by atoms with Gasteiger partial charge in [0.15, 0.2) is 0 Å². The third-order valence-corrected chi connectivity index (χ3v) is 4.00.